The van der Waals surface area contributed by atoms with Crippen molar-refractivity contribution in [3.63, 3.8) is 0 Å². The van der Waals surface area contributed by atoms with E-state index < -0.39 is 26.1 Å². The standard InChI is InChI=1S/C26H18N4O7/c1-15-6-2-4-8-23(15)37-24-9-5-3-7-21(24)27-26-19-12-16(28(31)32)10-11-18(19)25-20(26)13-17(29(33)34)14-22(25)30(35)36/h2,4-6,8-14H,3,7H2,1H3. The minimum atomic E-state index is -0.717. The SMILES string of the molecule is Cc1ccccc1OC1=C(N=C2c3cc([N+](=O)[O-])ccc3-c3c2cc([N+](=O)[O-])cc3[N+](=O)[O-])CCC=C1. The second-order valence-electron chi connectivity index (χ2n) is 8.47. The molecule has 184 valence electrons. The molecule has 2 aliphatic carbocycles. The van der Waals surface area contributed by atoms with Gasteiger partial charge in [-0.2, -0.15) is 0 Å². The van der Waals surface area contributed by atoms with Crippen molar-refractivity contribution < 1.29 is 19.5 Å². The van der Waals surface area contributed by atoms with Crippen LogP contribution in [0.15, 0.2) is 83.2 Å². The molecule has 2 aliphatic rings. The molecule has 0 bridgehead atoms. The summed E-state index contributed by atoms with van der Waals surface area (Å²) in [4.78, 5) is 37.8. The molecule has 11 heteroatoms. The first-order valence-electron chi connectivity index (χ1n) is 11.2. The third kappa shape index (κ3) is 4.22. The molecule has 3 aromatic rings. The van der Waals surface area contributed by atoms with Gasteiger partial charge in [0.2, 0.25) is 0 Å². The van der Waals surface area contributed by atoms with Gasteiger partial charge in [0.25, 0.3) is 17.1 Å². The predicted octanol–water partition coefficient (Wildman–Crippen LogP) is 6.18. The first kappa shape index (κ1) is 23.5. The van der Waals surface area contributed by atoms with Gasteiger partial charge in [-0.15, -0.1) is 0 Å². The smallest absolute Gasteiger partial charge is 0.284 e. The molecule has 0 N–H and O–H groups in total. The molecular formula is C26H18N4O7. The highest BCUT2D eigenvalue weighted by atomic mass is 16.6. The molecule has 0 amide bonds. The normalized spacial score (nSPS) is 14.9. The average Bonchev–Trinajstić information content (AvgIpc) is 3.18. The van der Waals surface area contributed by atoms with E-state index in [1.165, 1.54) is 24.3 Å². The summed E-state index contributed by atoms with van der Waals surface area (Å²) in [6.07, 6.45) is 4.82. The minimum Gasteiger partial charge on any atom is -0.455 e. The number of fused-ring (bicyclic) bond motifs is 3. The van der Waals surface area contributed by atoms with Crippen LogP contribution in [0.4, 0.5) is 17.1 Å². The van der Waals surface area contributed by atoms with Crippen LogP contribution in [0.2, 0.25) is 0 Å². The zero-order valence-electron chi connectivity index (χ0n) is 19.4. The van der Waals surface area contributed by atoms with Gasteiger partial charge in [-0.25, -0.2) is 4.99 Å². The number of para-hydroxylation sites is 1. The van der Waals surface area contributed by atoms with E-state index in [9.17, 15) is 30.3 Å². The van der Waals surface area contributed by atoms with Gasteiger partial charge in [0.15, 0.2) is 0 Å². The van der Waals surface area contributed by atoms with Crippen LogP contribution in [0, 0.1) is 37.3 Å². The molecule has 0 heterocycles. The number of benzene rings is 3. The first-order valence-corrected chi connectivity index (χ1v) is 11.2. The number of nitro groups is 3. The van der Waals surface area contributed by atoms with Gasteiger partial charge >= 0.3 is 0 Å². The summed E-state index contributed by atoms with van der Waals surface area (Å²) in [5, 5.41) is 35.0. The molecule has 11 nitrogen and oxygen atoms in total. The van der Waals surface area contributed by atoms with Crippen molar-refractivity contribution in [3.8, 4) is 16.9 Å². The van der Waals surface area contributed by atoms with Crippen molar-refractivity contribution in [2.24, 2.45) is 4.99 Å². The minimum absolute atomic E-state index is 0.132. The molecule has 0 aliphatic heterocycles. The van der Waals surface area contributed by atoms with E-state index in [-0.39, 0.29) is 28.1 Å². The highest BCUT2D eigenvalue weighted by Gasteiger charge is 2.36. The molecule has 37 heavy (non-hydrogen) atoms. The van der Waals surface area contributed by atoms with Gasteiger partial charge in [0.1, 0.15) is 11.5 Å². The van der Waals surface area contributed by atoms with Crippen LogP contribution in [0.1, 0.15) is 29.5 Å². The summed E-state index contributed by atoms with van der Waals surface area (Å²) < 4.78 is 6.13. The fourth-order valence-electron chi connectivity index (χ4n) is 4.41. The van der Waals surface area contributed by atoms with Crippen LogP contribution in [0.3, 0.4) is 0 Å². The summed E-state index contributed by atoms with van der Waals surface area (Å²) in [6, 6.07) is 13.5. The number of allylic oxidation sites excluding steroid dienone is 3. The highest BCUT2D eigenvalue weighted by Crippen LogP contribution is 2.46. The van der Waals surface area contributed by atoms with Crippen LogP contribution in [0.5, 0.6) is 5.75 Å². The number of rotatable bonds is 6. The number of aryl methyl sites for hydroxylation is 1. The molecule has 3 aromatic carbocycles. The average molecular weight is 498 g/mol. The first-order chi connectivity index (χ1) is 17.7. The molecule has 0 aromatic heterocycles. The number of non-ortho nitro benzene ring substituents is 2. The molecule has 5 rings (SSSR count). The van der Waals surface area contributed by atoms with Gasteiger partial charge in [0, 0.05) is 29.3 Å². The summed E-state index contributed by atoms with van der Waals surface area (Å²) in [7, 11) is 0. The van der Waals surface area contributed by atoms with E-state index in [2.05, 4.69) is 0 Å². The van der Waals surface area contributed by atoms with E-state index >= 15 is 0 Å². The van der Waals surface area contributed by atoms with Crippen LogP contribution in [-0.4, -0.2) is 20.5 Å². The van der Waals surface area contributed by atoms with Crippen molar-refractivity contribution in [3.05, 3.63) is 125 Å². The fraction of sp³-hybridized carbons (Fsp3) is 0.115. The maximum absolute atomic E-state index is 11.9. The third-order valence-electron chi connectivity index (χ3n) is 6.17. The number of aliphatic imine (C=N–C) groups is 1. The molecular weight excluding hydrogens is 480 g/mol. The summed E-state index contributed by atoms with van der Waals surface area (Å²) in [6.45, 7) is 1.90. The number of hydrogen-bond acceptors (Lipinski definition) is 8. The number of ether oxygens (including phenoxy) is 1. The Hall–Kier alpha value is -5.19. The lowest BCUT2D eigenvalue weighted by Crippen LogP contribution is -2.06. The molecule has 0 saturated heterocycles. The summed E-state index contributed by atoms with van der Waals surface area (Å²) in [5.74, 6) is 1.07. The lowest BCUT2D eigenvalue weighted by Gasteiger charge is -2.16. The molecule has 0 saturated carbocycles. The van der Waals surface area contributed by atoms with Gasteiger partial charge < -0.3 is 4.74 Å². The van der Waals surface area contributed by atoms with Gasteiger partial charge in [-0.05, 0) is 49.1 Å². The largest absolute Gasteiger partial charge is 0.455 e. The van der Waals surface area contributed by atoms with Crippen molar-refractivity contribution in [1.29, 1.82) is 0 Å². The lowest BCUT2D eigenvalue weighted by molar-refractivity contribution is -0.393. The molecule has 0 spiro atoms. The fourth-order valence-corrected chi connectivity index (χ4v) is 4.41. The van der Waals surface area contributed by atoms with Crippen LogP contribution < -0.4 is 4.74 Å². The second-order valence-corrected chi connectivity index (χ2v) is 8.47. The number of nitrogens with zero attached hydrogens (tertiary/aromatic N) is 4. The molecule has 0 fully saturated rings. The van der Waals surface area contributed by atoms with Crippen molar-refractivity contribution >= 4 is 22.8 Å². The topological polar surface area (TPSA) is 151 Å². The molecule has 0 unspecified atom stereocenters. The van der Waals surface area contributed by atoms with Crippen LogP contribution in [-0.2, 0) is 0 Å². The maximum Gasteiger partial charge on any atom is 0.284 e. The Morgan fingerprint density at radius 1 is 0.838 bits per heavy atom. The van der Waals surface area contributed by atoms with Gasteiger partial charge in [0.05, 0.1) is 37.8 Å². The van der Waals surface area contributed by atoms with Crippen molar-refractivity contribution in [2.45, 2.75) is 19.8 Å². The number of nitro benzene ring substituents is 3. The Balaban J connectivity index is 1.77. The third-order valence-corrected chi connectivity index (χ3v) is 6.17. The Bertz CT molecular complexity index is 1600. The Kier molecular flexibility index (Phi) is 5.80. The quantitative estimate of drug-likeness (QED) is 0.227. The lowest BCUT2D eigenvalue weighted by atomic mass is 10.0. The van der Waals surface area contributed by atoms with Crippen molar-refractivity contribution in [2.75, 3.05) is 0 Å². The van der Waals surface area contributed by atoms with Gasteiger partial charge in [-0.3, -0.25) is 30.3 Å². The highest BCUT2D eigenvalue weighted by molar-refractivity contribution is 6.26. The zero-order valence-corrected chi connectivity index (χ0v) is 19.4. The van der Waals surface area contributed by atoms with E-state index in [1.807, 2.05) is 37.3 Å². The monoisotopic (exact) mass is 498 g/mol. The number of hydrogen-bond donors (Lipinski definition) is 0. The van der Waals surface area contributed by atoms with Crippen molar-refractivity contribution in [1.82, 2.24) is 0 Å². The summed E-state index contributed by atoms with van der Waals surface area (Å²) in [5.41, 5.74) is 1.33. The Morgan fingerprint density at radius 3 is 2.27 bits per heavy atom. The zero-order chi connectivity index (χ0) is 26.3. The van der Waals surface area contributed by atoms with E-state index in [4.69, 9.17) is 9.73 Å². The summed E-state index contributed by atoms with van der Waals surface area (Å²) >= 11 is 0. The van der Waals surface area contributed by atoms with Crippen LogP contribution in [0.25, 0.3) is 11.1 Å². The van der Waals surface area contributed by atoms with E-state index in [0.29, 0.717) is 35.6 Å². The Morgan fingerprint density at radius 2 is 1.57 bits per heavy atom. The maximum atomic E-state index is 11.9. The van der Waals surface area contributed by atoms with E-state index in [0.717, 1.165) is 11.6 Å². The van der Waals surface area contributed by atoms with E-state index in [1.54, 1.807) is 6.08 Å². The van der Waals surface area contributed by atoms with Crippen LogP contribution >= 0.6 is 0 Å². The van der Waals surface area contributed by atoms with Gasteiger partial charge in [-0.1, -0.05) is 24.3 Å². The molecule has 0 radical (unpaired) electrons. The second kappa shape index (κ2) is 9.11. The molecule has 0 atom stereocenters. The predicted molar refractivity (Wildman–Crippen MR) is 135 cm³/mol. The Labute approximate surface area is 209 Å².